The maximum absolute atomic E-state index is 11.2. The Labute approximate surface area is 217 Å². The number of aromatic nitrogens is 2. The average Bonchev–Trinajstić information content (AvgIpc) is 3.51. The monoisotopic (exact) mass is 489 g/mol. The van der Waals surface area contributed by atoms with E-state index in [0.717, 1.165) is 58.7 Å². The summed E-state index contributed by atoms with van der Waals surface area (Å²) < 4.78 is 1.97. The van der Waals surface area contributed by atoms with Gasteiger partial charge in [-0.15, -0.1) is 0 Å². The first-order valence-electron chi connectivity index (χ1n) is 12.4. The zero-order chi connectivity index (χ0) is 25.8. The molecular weight excluding hydrogens is 458 g/mol. The zero-order valence-corrected chi connectivity index (χ0v) is 21.2. The maximum Gasteiger partial charge on any atom is 0.161 e. The van der Waals surface area contributed by atoms with Gasteiger partial charge in [0.25, 0.3) is 0 Å². The number of aldehydes is 1. The van der Waals surface area contributed by atoms with Crippen molar-refractivity contribution in [3.05, 3.63) is 120 Å². The Bertz CT molecular complexity index is 1490. The smallest absolute Gasteiger partial charge is 0.161 e. The third-order valence-electron chi connectivity index (χ3n) is 6.78. The summed E-state index contributed by atoms with van der Waals surface area (Å²) in [6.07, 6.45) is 11.9. The molecule has 6 nitrogen and oxygen atoms in total. The van der Waals surface area contributed by atoms with E-state index in [9.17, 15) is 4.79 Å². The highest BCUT2D eigenvalue weighted by Crippen LogP contribution is 2.47. The lowest BCUT2D eigenvalue weighted by molar-refractivity contribution is -0.104. The van der Waals surface area contributed by atoms with Crippen LogP contribution in [0, 0.1) is 6.92 Å². The fourth-order valence-electron chi connectivity index (χ4n) is 4.57. The van der Waals surface area contributed by atoms with Gasteiger partial charge in [-0.2, -0.15) is 0 Å². The highest BCUT2D eigenvalue weighted by molar-refractivity contribution is 5.87. The minimum Gasteiger partial charge on any atom is -0.394 e. The number of imidazole rings is 1. The largest absolute Gasteiger partial charge is 0.394 e. The molecule has 1 aliphatic rings. The highest BCUT2D eigenvalue weighted by atomic mass is 16.1. The first-order valence-corrected chi connectivity index (χ1v) is 12.4. The van der Waals surface area contributed by atoms with Crippen LogP contribution in [0.15, 0.2) is 98.0 Å². The van der Waals surface area contributed by atoms with Crippen LogP contribution in [0.4, 0.5) is 11.4 Å². The molecule has 1 aliphatic carbocycles. The molecule has 0 unspecified atom stereocenters. The van der Waals surface area contributed by atoms with Gasteiger partial charge in [0.2, 0.25) is 0 Å². The molecule has 3 N–H and O–H groups in total. The summed E-state index contributed by atoms with van der Waals surface area (Å²) in [7, 11) is 1.82. The standard InChI is InChI=1S/C31H31N5O/c1-22-4-8-26(9-5-22)31(16-17-31)35-23(2)24-6-10-27(11-7-24)34-28-12-13-29(36-20-19-33-30(28)36)25(15-21-37)14-18-32-3/h4-15,18-21,32,34-35H,2,16-17H2,1,3H3/b18-14-,25-15+. The Morgan fingerprint density at radius 2 is 1.81 bits per heavy atom. The van der Waals surface area contributed by atoms with E-state index in [1.807, 2.05) is 48.0 Å². The molecule has 0 aliphatic heterocycles. The van der Waals surface area contributed by atoms with Gasteiger partial charge in [0, 0.05) is 36.4 Å². The van der Waals surface area contributed by atoms with Crippen LogP contribution in [0.2, 0.25) is 0 Å². The van der Waals surface area contributed by atoms with Crippen molar-refractivity contribution in [2.45, 2.75) is 25.3 Å². The third-order valence-corrected chi connectivity index (χ3v) is 6.78. The number of nitrogens with zero attached hydrogens (tertiary/aromatic N) is 2. The summed E-state index contributed by atoms with van der Waals surface area (Å²) in [5, 5.41) is 10.1. The molecule has 37 heavy (non-hydrogen) atoms. The number of nitrogens with one attached hydrogen (secondary N) is 3. The quantitative estimate of drug-likeness (QED) is 0.146. The molecule has 6 heteroatoms. The van der Waals surface area contributed by atoms with Gasteiger partial charge in [-0.3, -0.25) is 9.20 Å². The number of allylic oxidation sites excluding steroid dienone is 3. The predicted molar refractivity (Wildman–Crippen MR) is 151 cm³/mol. The zero-order valence-electron chi connectivity index (χ0n) is 21.2. The summed E-state index contributed by atoms with van der Waals surface area (Å²) in [4.78, 5) is 15.7. The summed E-state index contributed by atoms with van der Waals surface area (Å²) >= 11 is 0. The predicted octanol–water partition coefficient (Wildman–Crippen LogP) is 5.95. The van der Waals surface area contributed by atoms with Crippen molar-refractivity contribution in [1.82, 2.24) is 20.0 Å². The average molecular weight is 490 g/mol. The van der Waals surface area contributed by atoms with Crippen LogP contribution >= 0.6 is 0 Å². The van der Waals surface area contributed by atoms with E-state index in [1.54, 1.807) is 18.5 Å². The maximum atomic E-state index is 11.2. The molecule has 2 aromatic heterocycles. The van der Waals surface area contributed by atoms with E-state index in [1.165, 1.54) is 11.1 Å². The highest BCUT2D eigenvalue weighted by Gasteiger charge is 2.44. The summed E-state index contributed by atoms with van der Waals surface area (Å²) in [6, 6.07) is 21.0. The Morgan fingerprint density at radius 1 is 1.05 bits per heavy atom. The van der Waals surface area contributed by atoms with Gasteiger partial charge in [-0.25, -0.2) is 4.98 Å². The van der Waals surface area contributed by atoms with Crippen molar-refractivity contribution in [3.8, 4) is 0 Å². The van der Waals surface area contributed by atoms with Gasteiger partial charge in [-0.1, -0.05) is 48.5 Å². The van der Waals surface area contributed by atoms with Gasteiger partial charge in [0.1, 0.15) is 6.29 Å². The molecular formula is C31H31N5O. The molecule has 1 fully saturated rings. The minimum absolute atomic E-state index is 0.00470. The topological polar surface area (TPSA) is 70.5 Å². The number of fused-ring (bicyclic) bond motifs is 1. The van der Waals surface area contributed by atoms with E-state index < -0.39 is 0 Å². The number of carbonyl (C=O) groups is 1. The van der Waals surface area contributed by atoms with Gasteiger partial charge in [0.05, 0.1) is 16.9 Å². The molecule has 0 atom stereocenters. The summed E-state index contributed by atoms with van der Waals surface area (Å²) in [6.45, 7) is 6.43. The fourth-order valence-corrected chi connectivity index (χ4v) is 4.57. The Morgan fingerprint density at radius 3 is 2.49 bits per heavy atom. The molecule has 2 aromatic carbocycles. The van der Waals surface area contributed by atoms with E-state index in [-0.39, 0.29) is 5.54 Å². The Kier molecular flexibility index (Phi) is 6.64. The van der Waals surface area contributed by atoms with E-state index >= 15 is 0 Å². The fraction of sp³-hybridized carbons (Fsp3) is 0.161. The number of anilines is 2. The molecule has 0 saturated heterocycles. The molecule has 4 aromatic rings. The molecule has 0 spiro atoms. The number of benzene rings is 2. The lowest BCUT2D eigenvalue weighted by Crippen LogP contribution is -2.27. The summed E-state index contributed by atoms with van der Waals surface area (Å²) in [5.41, 5.74) is 8.82. The lowest BCUT2D eigenvalue weighted by atomic mass is 10.0. The Balaban J connectivity index is 1.33. The van der Waals surface area contributed by atoms with Gasteiger partial charge in [0.15, 0.2) is 5.65 Å². The van der Waals surface area contributed by atoms with Gasteiger partial charge < -0.3 is 16.0 Å². The van der Waals surface area contributed by atoms with Crippen LogP contribution < -0.4 is 16.0 Å². The van der Waals surface area contributed by atoms with Crippen LogP contribution in [0.3, 0.4) is 0 Å². The molecule has 186 valence electrons. The second kappa shape index (κ2) is 10.2. The molecule has 5 rings (SSSR count). The van der Waals surface area contributed by atoms with E-state index in [2.05, 4.69) is 70.8 Å². The molecule has 1 saturated carbocycles. The number of rotatable bonds is 10. The lowest BCUT2D eigenvalue weighted by Gasteiger charge is -2.21. The number of pyridine rings is 1. The first kappa shape index (κ1) is 24.1. The molecule has 0 radical (unpaired) electrons. The van der Waals surface area contributed by atoms with Crippen LogP contribution in [0.25, 0.3) is 16.9 Å². The number of aryl methyl sites for hydroxylation is 1. The number of hydrogen-bond acceptors (Lipinski definition) is 5. The van der Waals surface area contributed by atoms with Crippen molar-refractivity contribution >= 4 is 34.6 Å². The van der Waals surface area contributed by atoms with Crippen molar-refractivity contribution in [2.24, 2.45) is 0 Å². The normalized spacial score (nSPS) is 14.5. The van der Waals surface area contributed by atoms with E-state index in [4.69, 9.17) is 0 Å². The van der Waals surface area contributed by atoms with Crippen molar-refractivity contribution in [1.29, 1.82) is 0 Å². The van der Waals surface area contributed by atoms with Crippen molar-refractivity contribution in [2.75, 3.05) is 12.4 Å². The van der Waals surface area contributed by atoms with Crippen molar-refractivity contribution in [3.63, 3.8) is 0 Å². The van der Waals surface area contributed by atoms with Crippen LogP contribution in [-0.4, -0.2) is 22.7 Å². The second-order valence-corrected chi connectivity index (χ2v) is 9.39. The van der Waals surface area contributed by atoms with Crippen LogP contribution in [0.1, 0.15) is 35.2 Å². The molecule has 2 heterocycles. The van der Waals surface area contributed by atoms with Crippen LogP contribution in [-0.2, 0) is 10.3 Å². The minimum atomic E-state index is -0.00470. The van der Waals surface area contributed by atoms with Crippen molar-refractivity contribution < 1.29 is 4.79 Å². The molecule has 0 amide bonds. The third kappa shape index (κ3) is 5.05. The Hall–Kier alpha value is -4.58. The molecule has 0 bridgehead atoms. The first-order chi connectivity index (χ1) is 18.0. The van der Waals surface area contributed by atoms with E-state index in [0.29, 0.717) is 0 Å². The SMILES string of the molecule is C=C(NC1(c2ccc(C)cc2)CC1)c1ccc(Nc2ccc(C(/C=C\NC)=C/C=O)n3ccnc23)cc1. The summed E-state index contributed by atoms with van der Waals surface area (Å²) in [5.74, 6) is 0. The number of carbonyl (C=O) groups excluding carboxylic acids is 1. The van der Waals surface area contributed by atoms with Gasteiger partial charge in [-0.05, 0) is 73.5 Å². The van der Waals surface area contributed by atoms with Gasteiger partial charge >= 0.3 is 0 Å². The number of hydrogen-bond donors (Lipinski definition) is 3. The van der Waals surface area contributed by atoms with Crippen LogP contribution in [0.5, 0.6) is 0 Å². The second-order valence-electron chi connectivity index (χ2n) is 9.39.